The Bertz CT molecular complexity index is 237. The first-order valence-electron chi connectivity index (χ1n) is 6.63. The summed E-state index contributed by atoms with van der Waals surface area (Å²) in [6.07, 6.45) is 1.45. The van der Waals surface area contributed by atoms with E-state index in [2.05, 4.69) is 39.5 Å². The van der Waals surface area contributed by atoms with Crippen molar-refractivity contribution in [2.75, 3.05) is 19.6 Å². The van der Waals surface area contributed by atoms with Gasteiger partial charge in [-0.05, 0) is 34.6 Å². The van der Waals surface area contributed by atoms with Crippen molar-refractivity contribution in [2.45, 2.75) is 65.2 Å². The lowest BCUT2D eigenvalue weighted by molar-refractivity contribution is -0.960. The lowest BCUT2D eigenvalue weighted by Crippen LogP contribution is -2.63. The zero-order chi connectivity index (χ0) is 11.2. The van der Waals surface area contributed by atoms with Gasteiger partial charge in [-0.2, -0.15) is 0 Å². The Hall–Kier alpha value is -0.0800. The zero-order valence-corrected chi connectivity index (χ0v) is 11.0. The Morgan fingerprint density at radius 1 is 1.27 bits per heavy atom. The number of likely N-dealkylation sites (N-methyl/N-ethyl adjacent to an activating group) is 1. The molecule has 0 amide bonds. The summed E-state index contributed by atoms with van der Waals surface area (Å²) in [6.45, 7) is 15.9. The summed E-state index contributed by atoms with van der Waals surface area (Å²) in [5, 5.41) is 0. The van der Waals surface area contributed by atoms with Crippen LogP contribution in [0.25, 0.3) is 0 Å². The Balaban J connectivity index is 2.13. The fraction of sp³-hybridized carbons (Fsp3) is 1.00. The van der Waals surface area contributed by atoms with Crippen molar-refractivity contribution < 1.29 is 4.48 Å². The van der Waals surface area contributed by atoms with Crippen LogP contribution in [-0.4, -0.2) is 53.2 Å². The molecule has 0 aromatic rings. The predicted octanol–water partition coefficient (Wildman–Crippen LogP) is 2.10. The van der Waals surface area contributed by atoms with Crippen molar-refractivity contribution in [3.05, 3.63) is 0 Å². The van der Waals surface area contributed by atoms with Gasteiger partial charge in [0.2, 0.25) is 0 Å². The lowest BCUT2D eigenvalue weighted by atomic mass is 10.1. The van der Waals surface area contributed by atoms with Gasteiger partial charge in [0.25, 0.3) is 0 Å². The van der Waals surface area contributed by atoms with Crippen LogP contribution < -0.4 is 0 Å². The van der Waals surface area contributed by atoms with Crippen LogP contribution >= 0.6 is 0 Å². The normalized spacial score (nSPS) is 41.0. The minimum Gasteiger partial charge on any atom is -0.317 e. The first kappa shape index (κ1) is 11.4. The van der Waals surface area contributed by atoms with Crippen LogP contribution in [0.5, 0.6) is 0 Å². The molecule has 0 aliphatic carbocycles. The van der Waals surface area contributed by atoms with Crippen molar-refractivity contribution in [2.24, 2.45) is 0 Å². The molecule has 2 bridgehead atoms. The van der Waals surface area contributed by atoms with Crippen LogP contribution in [0, 0.1) is 0 Å². The summed E-state index contributed by atoms with van der Waals surface area (Å²) in [6, 6.07) is 3.34. The van der Waals surface area contributed by atoms with Crippen molar-refractivity contribution >= 4 is 0 Å². The molecule has 3 atom stereocenters. The van der Waals surface area contributed by atoms with Gasteiger partial charge in [-0.25, -0.2) is 0 Å². The van der Waals surface area contributed by atoms with Crippen molar-refractivity contribution in [1.29, 1.82) is 0 Å². The van der Waals surface area contributed by atoms with Gasteiger partial charge in [-0.3, -0.25) is 4.90 Å². The summed E-state index contributed by atoms with van der Waals surface area (Å²) in [7, 11) is 0. The average Bonchev–Trinajstić information content (AvgIpc) is 2.73. The second kappa shape index (κ2) is 3.74. The largest absolute Gasteiger partial charge is 0.317 e. The number of nitrogens with zero attached hydrogens (tertiary/aromatic N) is 2. The molecule has 88 valence electrons. The first-order valence-corrected chi connectivity index (χ1v) is 6.63. The van der Waals surface area contributed by atoms with Gasteiger partial charge in [0.15, 0.2) is 0 Å². The van der Waals surface area contributed by atoms with E-state index in [1.165, 1.54) is 30.5 Å². The molecule has 0 aromatic carbocycles. The molecule has 15 heavy (non-hydrogen) atoms. The minimum atomic E-state index is 0.742. The van der Waals surface area contributed by atoms with Gasteiger partial charge in [-0.1, -0.05) is 0 Å². The zero-order valence-electron chi connectivity index (χ0n) is 11.0. The molecule has 0 radical (unpaired) electrons. The average molecular weight is 211 g/mol. The molecule has 0 aromatic heterocycles. The Morgan fingerprint density at radius 3 is 2.27 bits per heavy atom. The molecule has 2 aliphatic heterocycles. The van der Waals surface area contributed by atoms with Crippen molar-refractivity contribution in [1.82, 2.24) is 4.90 Å². The lowest BCUT2D eigenvalue weighted by Gasteiger charge is -2.48. The van der Waals surface area contributed by atoms with Crippen LogP contribution in [0.15, 0.2) is 0 Å². The van der Waals surface area contributed by atoms with E-state index in [1.54, 1.807) is 0 Å². The Labute approximate surface area is 94.8 Å². The standard InChI is InChI=1S/C13H27N2/c1-6-15(11(4)5)9-12-7-13(15)8-14(12)10(2)3/h10-13H,6-9H2,1-5H3/q+1/t12-,13-,15?/m1/s1. The molecular weight excluding hydrogens is 184 g/mol. The van der Waals surface area contributed by atoms with Crippen LogP contribution in [0.2, 0.25) is 0 Å². The molecular formula is C13H27N2+. The van der Waals surface area contributed by atoms with E-state index in [1.807, 2.05) is 0 Å². The quantitative estimate of drug-likeness (QED) is 0.646. The summed E-state index contributed by atoms with van der Waals surface area (Å²) >= 11 is 0. The minimum absolute atomic E-state index is 0.742. The first-order chi connectivity index (χ1) is 7.01. The Morgan fingerprint density at radius 2 is 1.93 bits per heavy atom. The fourth-order valence-electron chi connectivity index (χ4n) is 4.03. The molecule has 2 saturated heterocycles. The molecule has 2 heteroatoms. The topological polar surface area (TPSA) is 3.24 Å². The number of hydrogen-bond acceptors (Lipinski definition) is 1. The van der Waals surface area contributed by atoms with Gasteiger partial charge in [0.1, 0.15) is 6.04 Å². The highest BCUT2D eigenvalue weighted by molar-refractivity contribution is 4.94. The fourth-order valence-corrected chi connectivity index (χ4v) is 4.03. The van der Waals surface area contributed by atoms with Crippen molar-refractivity contribution in [3.8, 4) is 0 Å². The molecule has 0 spiro atoms. The second-order valence-corrected chi connectivity index (χ2v) is 6.03. The molecule has 1 unspecified atom stereocenters. The van der Waals surface area contributed by atoms with Gasteiger partial charge >= 0.3 is 0 Å². The number of piperazine rings is 1. The maximum atomic E-state index is 2.72. The van der Waals surface area contributed by atoms with Crippen molar-refractivity contribution in [3.63, 3.8) is 0 Å². The summed E-state index contributed by atoms with van der Waals surface area (Å²) in [5.41, 5.74) is 0. The van der Waals surface area contributed by atoms with Crippen LogP contribution in [-0.2, 0) is 0 Å². The molecule has 2 aliphatic rings. The number of fused-ring (bicyclic) bond motifs is 2. The van der Waals surface area contributed by atoms with Gasteiger partial charge in [-0.15, -0.1) is 0 Å². The van der Waals surface area contributed by atoms with E-state index in [-0.39, 0.29) is 0 Å². The third-order valence-corrected chi connectivity index (χ3v) is 4.99. The monoisotopic (exact) mass is 211 g/mol. The summed E-state index contributed by atoms with van der Waals surface area (Å²) < 4.78 is 1.38. The van der Waals surface area contributed by atoms with Gasteiger partial charge in [0, 0.05) is 12.5 Å². The number of likely N-dealkylation sites (tertiary alicyclic amines) is 2. The van der Waals surface area contributed by atoms with Gasteiger partial charge in [0.05, 0.1) is 31.7 Å². The summed E-state index contributed by atoms with van der Waals surface area (Å²) in [4.78, 5) is 2.72. The molecule has 2 rings (SSSR count). The number of quaternary nitrogens is 1. The maximum Gasteiger partial charge on any atom is 0.104 e. The molecule has 2 fully saturated rings. The number of rotatable bonds is 3. The second-order valence-electron chi connectivity index (χ2n) is 6.03. The van der Waals surface area contributed by atoms with Gasteiger partial charge < -0.3 is 4.48 Å². The highest BCUT2D eigenvalue weighted by Gasteiger charge is 2.55. The summed E-state index contributed by atoms with van der Waals surface area (Å²) in [5.74, 6) is 0. The van der Waals surface area contributed by atoms with Crippen LogP contribution in [0.3, 0.4) is 0 Å². The smallest absolute Gasteiger partial charge is 0.104 e. The highest BCUT2D eigenvalue weighted by Crippen LogP contribution is 2.39. The van der Waals surface area contributed by atoms with E-state index < -0.39 is 0 Å². The molecule has 2 heterocycles. The van der Waals surface area contributed by atoms with E-state index in [0.717, 1.165) is 24.2 Å². The van der Waals surface area contributed by atoms with E-state index in [4.69, 9.17) is 0 Å². The molecule has 0 saturated carbocycles. The maximum absolute atomic E-state index is 2.72. The molecule has 0 N–H and O–H groups in total. The third-order valence-electron chi connectivity index (χ3n) is 4.99. The Kier molecular flexibility index (Phi) is 2.85. The van der Waals surface area contributed by atoms with E-state index in [9.17, 15) is 0 Å². The SMILES string of the molecule is CC[N+]1(C(C)C)C[C@H]2C[C@@H]1CN2C(C)C. The molecule has 2 nitrogen and oxygen atoms in total. The van der Waals surface area contributed by atoms with Crippen LogP contribution in [0.1, 0.15) is 41.0 Å². The predicted molar refractivity (Wildman–Crippen MR) is 64.8 cm³/mol. The third kappa shape index (κ3) is 1.53. The highest BCUT2D eigenvalue weighted by atomic mass is 15.5. The van der Waals surface area contributed by atoms with E-state index >= 15 is 0 Å². The van der Waals surface area contributed by atoms with Crippen LogP contribution in [0.4, 0.5) is 0 Å². The number of hydrogen-bond donors (Lipinski definition) is 0. The van der Waals surface area contributed by atoms with E-state index in [0.29, 0.717) is 0 Å².